The lowest BCUT2D eigenvalue weighted by molar-refractivity contribution is -0.186. The number of hydrogen-bond acceptors (Lipinski definition) is 3. The minimum Gasteiger partial charge on any atom is -0.369 e. The maximum Gasteiger partial charge on any atom is 0.391 e. The summed E-state index contributed by atoms with van der Waals surface area (Å²) in [6, 6.07) is -0.123. The number of carbonyl (C=O) groups excluding carboxylic acids is 2. The van der Waals surface area contributed by atoms with E-state index >= 15 is 0 Å². The van der Waals surface area contributed by atoms with Crippen molar-refractivity contribution in [2.24, 2.45) is 17.6 Å². The van der Waals surface area contributed by atoms with Crippen molar-refractivity contribution >= 4 is 11.8 Å². The Morgan fingerprint density at radius 3 is 2.57 bits per heavy atom. The number of primary amides is 1. The van der Waals surface area contributed by atoms with Gasteiger partial charge in [0.1, 0.15) is 0 Å². The molecule has 0 aromatic heterocycles. The van der Waals surface area contributed by atoms with Crippen molar-refractivity contribution < 1.29 is 22.8 Å². The molecule has 2 rings (SSSR count). The van der Waals surface area contributed by atoms with Crippen molar-refractivity contribution in [2.75, 3.05) is 19.6 Å². The Labute approximate surface area is 133 Å². The molecule has 1 heterocycles. The zero-order valence-corrected chi connectivity index (χ0v) is 13.1. The number of carbonyl (C=O) groups is 2. The monoisotopic (exact) mass is 335 g/mol. The van der Waals surface area contributed by atoms with Crippen molar-refractivity contribution in [3.8, 4) is 0 Å². The highest BCUT2D eigenvalue weighted by molar-refractivity contribution is 5.79. The number of piperidine rings is 1. The molecule has 132 valence electrons. The van der Waals surface area contributed by atoms with E-state index in [1.54, 1.807) is 0 Å². The highest BCUT2D eigenvalue weighted by Gasteiger charge is 2.43. The molecule has 0 unspecified atom stereocenters. The van der Waals surface area contributed by atoms with Crippen LogP contribution < -0.4 is 11.1 Å². The molecular formula is C15H24F3N3O2. The Balaban J connectivity index is 1.85. The molecule has 3 N–H and O–H groups in total. The third-order valence-electron chi connectivity index (χ3n) is 4.74. The van der Waals surface area contributed by atoms with Gasteiger partial charge >= 0.3 is 6.18 Å². The molecule has 0 aromatic rings. The molecule has 0 aromatic carbocycles. The predicted molar refractivity (Wildman–Crippen MR) is 78.3 cm³/mol. The molecular weight excluding hydrogens is 311 g/mol. The minimum atomic E-state index is -4.22. The Bertz CT molecular complexity index is 442. The van der Waals surface area contributed by atoms with Gasteiger partial charge in [-0.05, 0) is 38.6 Å². The number of hydrogen-bond donors (Lipinski definition) is 2. The Hall–Kier alpha value is -1.31. The molecule has 1 aliphatic heterocycles. The Morgan fingerprint density at radius 2 is 1.91 bits per heavy atom. The maximum absolute atomic E-state index is 12.8. The zero-order valence-electron chi connectivity index (χ0n) is 13.1. The molecule has 3 atom stereocenters. The van der Waals surface area contributed by atoms with Crippen molar-refractivity contribution in [1.29, 1.82) is 0 Å². The zero-order chi connectivity index (χ0) is 17.0. The summed E-state index contributed by atoms with van der Waals surface area (Å²) in [5.41, 5.74) is 5.17. The van der Waals surface area contributed by atoms with E-state index in [-0.39, 0.29) is 31.3 Å². The van der Waals surface area contributed by atoms with Gasteiger partial charge in [-0.2, -0.15) is 13.2 Å². The van der Waals surface area contributed by atoms with Crippen LogP contribution in [0.1, 0.15) is 38.5 Å². The van der Waals surface area contributed by atoms with Crippen molar-refractivity contribution in [3.63, 3.8) is 0 Å². The van der Waals surface area contributed by atoms with Crippen LogP contribution in [0.2, 0.25) is 0 Å². The highest BCUT2D eigenvalue weighted by atomic mass is 19.4. The van der Waals surface area contributed by atoms with Gasteiger partial charge in [-0.1, -0.05) is 6.42 Å². The van der Waals surface area contributed by atoms with Crippen LogP contribution in [0, 0.1) is 11.8 Å². The van der Waals surface area contributed by atoms with Gasteiger partial charge in [0.05, 0.1) is 12.5 Å². The van der Waals surface area contributed by atoms with E-state index in [4.69, 9.17) is 5.73 Å². The summed E-state index contributed by atoms with van der Waals surface area (Å²) in [5.74, 6) is -2.64. The van der Waals surface area contributed by atoms with Gasteiger partial charge in [0.25, 0.3) is 0 Å². The van der Waals surface area contributed by atoms with Crippen LogP contribution in [-0.2, 0) is 9.59 Å². The van der Waals surface area contributed by atoms with Gasteiger partial charge < -0.3 is 11.1 Å². The molecule has 0 bridgehead atoms. The number of halogens is 3. The van der Waals surface area contributed by atoms with E-state index in [9.17, 15) is 22.8 Å². The van der Waals surface area contributed by atoms with Gasteiger partial charge in [0.15, 0.2) is 0 Å². The summed E-state index contributed by atoms with van der Waals surface area (Å²) < 4.78 is 38.5. The van der Waals surface area contributed by atoms with Crippen molar-refractivity contribution in [1.82, 2.24) is 10.2 Å². The maximum atomic E-state index is 12.8. The van der Waals surface area contributed by atoms with Crippen LogP contribution in [0.4, 0.5) is 13.2 Å². The summed E-state index contributed by atoms with van der Waals surface area (Å²) in [4.78, 5) is 25.1. The summed E-state index contributed by atoms with van der Waals surface area (Å²) in [7, 11) is 0. The smallest absolute Gasteiger partial charge is 0.369 e. The van der Waals surface area contributed by atoms with E-state index in [1.165, 1.54) is 0 Å². The van der Waals surface area contributed by atoms with Crippen LogP contribution in [0.3, 0.4) is 0 Å². The normalized spacial score (nSPS) is 30.0. The lowest BCUT2D eigenvalue weighted by atomic mass is 9.80. The molecule has 1 saturated heterocycles. The topological polar surface area (TPSA) is 75.4 Å². The molecule has 5 nitrogen and oxygen atoms in total. The Kier molecular flexibility index (Phi) is 5.89. The van der Waals surface area contributed by atoms with Crippen molar-refractivity contribution in [3.05, 3.63) is 0 Å². The number of nitrogens with one attached hydrogen (secondary N) is 1. The van der Waals surface area contributed by atoms with Gasteiger partial charge in [-0.25, -0.2) is 0 Å². The fourth-order valence-corrected chi connectivity index (χ4v) is 3.58. The van der Waals surface area contributed by atoms with Crippen LogP contribution in [0.25, 0.3) is 0 Å². The van der Waals surface area contributed by atoms with Gasteiger partial charge in [-0.15, -0.1) is 0 Å². The Morgan fingerprint density at radius 1 is 1.17 bits per heavy atom. The standard InChI is InChI=1S/C15H24F3N3O2/c16-15(17,18)11-4-1-3-10(7-11)14(23)20-12-5-2-6-21(8-12)9-13(19)22/h10-12H,1-9H2,(H2,19,22)(H,20,23)/t10-,11-,12+/m1/s1. The second-order valence-corrected chi connectivity index (χ2v) is 6.65. The summed E-state index contributed by atoms with van der Waals surface area (Å²) in [6.07, 6.45) is -1.68. The molecule has 2 amide bonds. The third-order valence-corrected chi connectivity index (χ3v) is 4.74. The average molecular weight is 335 g/mol. The van der Waals surface area contributed by atoms with Crippen LogP contribution in [0.15, 0.2) is 0 Å². The second-order valence-electron chi connectivity index (χ2n) is 6.65. The first-order valence-corrected chi connectivity index (χ1v) is 8.13. The third kappa shape index (κ3) is 5.37. The van der Waals surface area contributed by atoms with Gasteiger partial charge in [0, 0.05) is 18.5 Å². The number of nitrogens with two attached hydrogens (primary N) is 1. The summed E-state index contributed by atoms with van der Waals surface area (Å²) in [6.45, 7) is 1.41. The number of alkyl halides is 3. The number of amides is 2. The van der Waals surface area contributed by atoms with Crippen molar-refractivity contribution in [2.45, 2.75) is 50.7 Å². The van der Waals surface area contributed by atoms with E-state index in [2.05, 4.69) is 5.32 Å². The van der Waals surface area contributed by atoms with Crippen LogP contribution in [-0.4, -0.2) is 48.6 Å². The number of nitrogens with zero attached hydrogens (tertiary/aromatic N) is 1. The highest BCUT2D eigenvalue weighted by Crippen LogP contribution is 2.40. The first-order chi connectivity index (χ1) is 10.8. The minimum absolute atomic E-state index is 0.114. The molecule has 0 radical (unpaired) electrons. The van der Waals surface area contributed by atoms with E-state index in [0.29, 0.717) is 19.4 Å². The van der Waals surface area contributed by atoms with Gasteiger partial charge in [-0.3, -0.25) is 14.5 Å². The SMILES string of the molecule is NC(=O)CN1CCC[C@H](NC(=O)[C@@H]2CCC[C@@H](C(F)(F)F)C2)C1. The lowest BCUT2D eigenvalue weighted by Crippen LogP contribution is -2.51. The van der Waals surface area contributed by atoms with Crippen LogP contribution >= 0.6 is 0 Å². The first kappa shape index (κ1) is 18.0. The lowest BCUT2D eigenvalue weighted by Gasteiger charge is -2.34. The van der Waals surface area contributed by atoms with E-state index in [1.807, 2.05) is 4.90 Å². The van der Waals surface area contributed by atoms with Gasteiger partial charge in [0.2, 0.25) is 11.8 Å². The van der Waals surface area contributed by atoms with E-state index in [0.717, 1.165) is 19.4 Å². The second kappa shape index (κ2) is 7.51. The largest absolute Gasteiger partial charge is 0.391 e. The fraction of sp³-hybridized carbons (Fsp3) is 0.867. The molecule has 0 spiro atoms. The summed E-state index contributed by atoms with van der Waals surface area (Å²) in [5, 5.41) is 2.86. The molecule has 2 fully saturated rings. The van der Waals surface area contributed by atoms with Crippen LogP contribution in [0.5, 0.6) is 0 Å². The van der Waals surface area contributed by atoms with E-state index < -0.39 is 23.9 Å². The molecule has 8 heteroatoms. The quantitative estimate of drug-likeness (QED) is 0.816. The molecule has 23 heavy (non-hydrogen) atoms. The molecule has 1 saturated carbocycles. The molecule has 1 aliphatic carbocycles. The molecule has 2 aliphatic rings. The predicted octanol–water partition coefficient (Wildman–Crippen LogP) is 1.42. The number of rotatable bonds is 4. The summed E-state index contributed by atoms with van der Waals surface area (Å²) >= 11 is 0. The fourth-order valence-electron chi connectivity index (χ4n) is 3.58. The average Bonchev–Trinajstić information content (AvgIpc) is 2.46. The number of likely N-dealkylation sites (tertiary alicyclic amines) is 1. The first-order valence-electron chi connectivity index (χ1n) is 8.13.